The van der Waals surface area contributed by atoms with Crippen molar-refractivity contribution in [2.75, 3.05) is 20.2 Å². The Morgan fingerprint density at radius 1 is 1.06 bits per heavy atom. The highest BCUT2D eigenvalue weighted by Gasteiger charge is 2.31. The highest BCUT2D eigenvalue weighted by Crippen LogP contribution is 2.31. The number of aromatic nitrogens is 3. The maximum absolute atomic E-state index is 12.4. The standard InChI is InChI=1S/C25H36N4O3/c1-28(16-20-10-4-2-5-11-20)17-21-18-29(27-26-21)23-14-8-9-15-24(23)32-25(30)19-31-22-12-6-3-7-13-22/h3,6-7,12-13,18,20,23-24H,2,4-5,8-11,14-17,19H2,1H3/t23-,24-/m1/s1. The predicted octanol–water partition coefficient (Wildman–Crippen LogP) is 4.40. The molecule has 2 fully saturated rings. The number of rotatable bonds is 9. The van der Waals surface area contributed by atoms with Crippen molar-refractivity contribution in [2.45, 2.75) is 76.5 Å². The minimum Gasteiger partial charge on any atom is -0.482 e. The van der Waals surface area contributed by atoms with Gasteiger partial charge in [0.25, 0.3) is 0 Å². The van der Waals surface area contributed by atoms with Crippen LogP contribution in [-0.2, 0) is 16.1 Å². The summed E-state index contributed by atoms with van der Waals surface area (Å²) < 4.78 is 13.3. The highest BCUT2D eigenvalue weighted by atomic mass is 16.6. The normalized spacial score (nSPS) is 22.1. The van der Waals surface area contributed by atoms with Gasteiger partial charge in [-0.25, -0.2) is 9.48 Å². The molecule has 2 aromatic rings. The summed E-state index contributed by atoms with van der Waals surface area (Å²) in [5.74, 6) is 1.14. The van der Waals surface area contributed by atoms with Crippen LogP contribution in [0.3, 0.4) is 0 Å². The predicted molar refractivity (Wildman–Crippen MR) is 122 cm³/mol. The van der Waals surface area contributed by atoms with Crippen molar-refractivity contribution in [1.29, 1.82) is 0 Å². The first kappa shape index (κ1) is 22.8. The molecule has 2 atom stereocenters. The van der Waals surface area contributed by atoms with E-state index in [4.69, 9.17) is 9.47 Å². The zero-order valence-electron chi connectivity index (χ0n) is 19.2. The van der Waals surface area contributed by atoms with E-state index >= 15 is 0 Å². The maximum Gasteiger partial charge on any atom is 0.344 e. The number of carbonyl (C=O) groups is 1. The minimum atomic E-state index is -0.335. The molecule has 32 heavy (non-hydrogen) atoms. The summed E-state index contributed by atoms with van der Waals surface area (Å²) in [6, 6.07) is 9.38. The van der Waals surface area contributed by atoms with E-state index in [0.717, 1.165) is 50.4 Å². The average molecular weight is 441 g/mol. The molecule has 2 aliphatic rings. The van der Waals surface area contributed by atoms with Gasteiger partial charge in [-0.3, -0.25) is 0 Å². The Hall–Kier alpha value is -2.41. The van der Waals surface area contributed by atoms with E-state index in [-0.39, 0.29) is 24.7 Å². The van der Waals surface area contributed by atoms with Crippen molar-refractivity contribution < 1.29 is 14.3 Å². The van der Waals surface area contributed by atoms with E-state index in [1.165, 1.54) is 32.1 Å². The molecule has 0 amide bonds. The molecule has 0 N–H and O–H groups in total. The van der Waals surface area contributed by atoms with Gasteiger partial charge in [-0.1, -0.05) is 49.1 Å². The molecule has 7 heteroatoms. The van der Waals surface area contributed by atoms with E-state index in [2.05, 4.69) is 22.3 Å². The lowest BCUT2D eigenvalue weighted by molar-refractivity contribution is -0.155. The quantitative estimate of drug-likeness (QED) is 0.539. The number of ether oxygens (including phenoxy) is 2. The zero-order valence-corrected chi connectivity index (χ0v) is 19.2. The van der Waals surface area contributed by atoms with Crippen molar-refractivity contribution >= 4 is 5.97 Å². The lowest BCUT2D eigenvalue weighted by Gasteiger charge is -2.30. The highest BCUT2D eigenvalue weighted by molar-refractivity contribution is 5.71. The molecule has 0 unspecified atom stereocenters. The van der Waals surface area contributed by atoms with E-state index in [1.54, 1.807) is 0 Å². The second kappa shape index (κ2) is 11.5. The molecule has 1 aromatic heterocycles. The van der Waals surface area contributed by atoms with Gasteiger partial charge in [0.1, 0.15) is 11.9 Å². The number of benzene rings is 1. The van der Waals surface area contributed by atoms with E-state index in [0.29, 0.717) is 5.75 Å². The van der Waals surface area contributed by atoms with Gasteiger partial charge in [-0.2, -0.15) is 0 Å². The topological polar surface area (TPSA) is 69.5 Å². The molecule has 174 valence electrons. The molecule has 0 bridgehead atoms. The second-order valence-corrected chi connectivity index (χ2v) is 9.37. The fourth-order valence-corrected chi connectivity index (χ4v) is 5.08. The Labute approximate surface area is 191 Å². The SMILES string of the molecule is CN(Cc1cn([C@@H]2CCCC[C@H]2OC(=O)COc2ccccc2)nn1)CC1CCCCC1. The van der Waals surface area contributed by atoms with E-state index < -0.39 is 0 Å². The number of esters is 1. The monoisotopic (exact) mass is 440 g/mol. The lowest BCUT2D eigenvalue weighted by Crippen LogP contribution is -2.34. The second-order valence-electron chi connectivity index (χ2n) is 9.37. The van der Waals surface area contributed by atoms with Crippen molar-refractivity contribution in [3.05, 3.63) is 42.2 Å². The van der Waals surface area contributed by atoms with Crippen LogP contribution in [0.5, 0.6) is 5.75 Å². The molecule has 2 saturated carbocycles. The van der Waals surface area contributed by atoms with Crippen LogP contribution in [0.25, 0.3) is 0 Å². The Morgan fingerprint density at radius 2 is 1.81 bits per heavy atom. The van der Waals surface area contributed by atoms with Crippen molar-refractivity contribution in [1.82, 2.24) is 19.9 Å². The smallest absolute Gasteiger partial charge is 0.344 e. The van der Waals surface area contributed by atoms with Crippen molar-refractivity contribution in [3.63, 3.8) is 0 Å². The van der Waals surface area contributed by atoms with Gasteiger partial charge in [-0.05, 0) is 57.2 Å². The summed E-state index contributed by atoms with van der Waals surface area (Å²) in [5, 5.41) is 8.83. The molecular weight excluding hydrogens is 404 g/mol. The molecule has 1 heterocycles. The van der Waals surface area contributed by atoms with Gasteiger partial charge < -0.3 is 14.4 Å². The molecule has 7 nitrogen and oxygen atoms in total. The average Bonchev–Trinajstić information content (AvgIpc) is 3.27. The number of carbonyl (C=O) groups excluding carboxylic acids is 1. The molecule has 0 aliphatic heterocycles. The fraction of sp³-hybridized carbons (Fsp3) is 0.640. The third-order valence-corrected chi connectivity index (χ3v) is 6.67. The molecule has 0 radical (unpaired) electrons. The Morgan fingerprint density at radius 3 is 2.62 bits per heavy atom. The summed E-state index contributed by atoms with van der Waals surface area (Å²) >= 11 is 0. The third-order valence-electron chi connectivity index (χ3n) is 6.67. The number of hydrogen-bond donors (Lipinski definition) is 0. The Balaban J connectivity index is 1.29. The van der Waals surface area contributed by atoms with Gasteiger partial charge in [-0.15, -0.1) is 5.10 Å². The van der Waals surface area contributed by atoms with Gasteiger partial charge in [0.2, 0.25) is 0 Å². The van der Waals surface area contributed by atoms with Crippen molar-refractivity contribution in [3.8, 4) is 5.75 Å². The van der Waals surface area contributed by atoms with Crippen LogP contribution in [0.2, 0.25) is 0 Å². The summed E-state index contributed by atoms with van der Waals surface area (Å²) in [6.07, 6.45) is 12.6. The van der Waals surface area contributed by atoms with E-state index in [1.807, 2.05) is 41.2 Å². The molecule has 1 aromatic carbocycles. The third kappa shape index (κ3) is 6.55. The molecular formula is C25H36N4O3. The maximum atomic E-state index is 12.4. The van der Waals surface area contributed by atoms with Crippen LogP contribution in [0.4, 0.5) is 0 Å². The first-order valence-corrected chi connectivity index (χ1v) is 12.1. The van der Waals surface area contributed by atoms with Crippen LogP contribution in [-0.4, -0.2) is 52.2 Å². The van der Waals surface area contributed by atoms with Gasteiger partial charge in [0.05, 0.1) is 17.9 Å². The van der Waals surface area contributed by atoms with Gasteiger partial charge in [0.15, 0.2) is 6.61 Å². The fourth-order valence-electron chi connectivity index (χ4n) is 5.08. The molecule has 0 spiro atoms. The van der Waals surface area contributed by atoms with Crippen LogP contribution >= 0.6 is 0 Å². The van der Waals surface area contributed by atoms with Gasteiger partial charge in [0, 0.05) is 13.1 Å². The number of para-hydroxylation sites is 1. The van der Waals surface area contributed by atoms with Crippen LogP contribution < -0.4 is 4.74 Å². The zero-order chi connectivity index (χ0) is 22.2. The Kier molecular flexibility index (Phi) is 8.15. The molecule has 0 saturated heterocycles. The first-order chi connectivity index (χ1) is 15.7. The number of nitrogens with zero attached hydrogens (tertiary/aromatic N) is 4. The summed E-state index contributed by atoms with van der Waals surface area (Å²) in [6.45, 7) is 1.85. The molecule has 4 rings (SSSR count). The number of hydrogen-bond acceptors (Lipinski definition) is 6. The summed E-state index contributed by atoms with van der Waals surface area (Å²) in [7, 11) is 2.17. The van der Waals surface area contributed by atoms with Crippen LogP contribution in [0.15, 0.2) is 36.5 Å². The minimum absolute atomic E-state index is 0.0364. The molecule has 2 aliphatic carbocycles. The van der Waals surface area contributed by atoms with Crippen LogP contribution in [0, 0.1) is 5.92 Å². The largest absolute Gasteiger partial charge is 0.482 e. The van der Waals surface area contributed by atoms with E-state index in [9.17, 15) is 4.79 Å². The Bertz CT molecular complexity index is 835. The van der Waals surface area contributed by atoms with Gasteiger partial charge >= 0.3 is 5.97 Å². The first-order valence-electron chi connectivity index (χ1n) is 12.1. The summed E-state index contributed by atoms with van der Waals surface area (Å²) in [5.41, 5.74) is 0.978. The van der Waals surface area contributed by atoms with Crippen LogP contribution in [0.1, 0.15) is 69.5 Å². The van der Waals surface area contributed by atoms with Crippen molar-refractivity contribution in [2.24, 2.45) is 5.92 Å². The summed E-state index contributed by atoms with van der Waals surface area (Å²) in [4.78, 5) is 14.8. The lowest BCUT2D eigenvalue weighted by atomic mass is 9.89.